The van der Waals surface area contributed by atoms with E-state index in [-0.39, 0.29) is 0 Å². The first-order valence-electron chi connectivity index (χ1n) is 22.2. The van der Waals surface area contributed by atoms with Gasteiger partial charge in [0.05, 0.1) is 0 Å². The smallest absolute Gasteiger partial charge is 0.143 e. The van der Waals surface area contributed by atoms with Crippen molar-refractivity contribution >= 4 is 82.5 Å². The molecule has 0 aliphatic rings. The lowest BCUT2D eigenvalue weighted by molar-refractivity contribution is 0.670. The second kappa shape index (κ2) is 15.0. The van der Waals surface area contributed by atoms with Crippen LogP contribution in [0.25, 0.3) is 110 Å². The molecule has 0 N–H and O–H groups in total. The minimum absolute atomic E-state index is 0.880. The molecule has 0 radical (unpaired) electrons. The Balaban J connectivity index is 1.05. The molecule has 0 unspecified atom stereocenters. The minimum atomic E-state index is 0.880. The molecule has 304 valence electrons. The van der Waals surface area contributed by atoms with Crippen LogP contribution >= 0.6 is 0 Å². The maximum atomic E-state index is 6.70. The molecule has 0 aliphatic carbocycles. The third-order valence-corrected chi connectivity index (χ3v) is 13.0. The van der Waals surface area contributed by atoms with Crippen molar-refractivity contribution in [1.82, 2.24) is 0 Å². The fourth-order valence-electron chi connectivity index (χ4n) is 10.2. The van der Waals surface area contributed by atoms with Gasteiger partial charge in [0.15, 0.2) is 0 Å². The number of anilines is 3. The SMILES string of the molecule is c1ccc(N(c2ccccc2)c2ccc(-c3c4ccccc4c(-c4cc(-c5cccc6c5oc5ccccc56)cc(-c5cccc6c5oc5ccccc56)c4)c4ccccc34)cc2)cc1. The average Bonchev–Trinajstić information content (AvgIpc) is 3.95. The first-order chi connectivity index (χ1) is 32.2. The molecule has 0 aliphatic heterocycles. The van der Waals surface area contributed by atoms with Crippen LogP contribution < -0.4 is 4.90 Å². The molecule has 2 heterocycles. The normalized spacial score (nSPS) is 11.7. The Bertz CT molecular complexity index is 3710. The van der Waals surface area contributed by atoms with Gasteiger partial charge in [-0.2, -0.15) is 0 Å². The lowest BCUT2D eigenvalue weighted by Gasteiger charge is -2.25. The maximum absolute atomic E-state index is 6.70. The van der Waals surface area contributed by atoms with Crippen LogP contribution in [0.3, 0.4) is 0 Å². The van der Waals surface area contributed by atoms with E-state index in [1.54, 1.807) is 0 Å². The molecule has 3 heteroatoms. The highest BCUT2D eigenvalue weighted by Gasteiger charge is 2.22. The third-order valence-electron chi connectivity index (χ3n) is 13.0. The molecule has 0 amide bonds. The number of nitrogens with zero attached hydrogens (tertiary/aromatic N) is 1. The standard InChI is InChI=1S/C62H39NO2/c1-3-17-44(18-4-1)63(45-19-5-2-6-20-45)46-35-33-40(34-36-46)59-51-23-7-9-25-53(51)60(54-26-10-8-24-52(54)59)43-38-41(47-27-15-29-55-49-21-11-13-31-57(49)64-61(47)55)37-42(39-43)48-28-16-30-56-50-22-12-14-32-58(50)65-62(48)56/h1-39H. The number of furan rings is 2. The summed E-state index contributed by atoms with van der Waals surface area (Å²) in [6.45, 7) is 0. The molecule has 0 bridgehead atoms. The Labute approximate surface area is 375 Å². The van der Waals surface area contributed by atoms with Gasteiger partial charge in [-0.1, -0.05) is 170 Å². The number of benzene rings is 11. The van der Waals surface area contributed by atoms with Crippen molar-refractivity contribution in [3.8, 4) is 44.5 Å². The number of fused-ring (bicyclic) bond motifs is 8. The van der Waals surface area contributed by atoms with Gasteiger partial charge in [0.1, 0.15) is 22.3 Å². The summed E-state index contributed by atoms with van der Waals surface area (Å²) in [7, 11) is 0. The number of hydrogen-bond donors (Lipinski definition) is 0. The van der Waals surface area contributed by atoms with Crippen molar-refractivity contribution in [2.75, 3.05) is 4.90 Å². The minimum Gasteiger partial charge on any atom is -0.455 e. The second-order valence-electron chi connectivity index (χ2n) is 16.8. The summed E-state index contributed by atoms with van der Waals surface area (Å²) >= 11 is 0. The predicted octanol–water partition coefficient (Wildman–Crippen LogP) is 17.9. The summed E-state index contributed by atoms with van der Waals surface area (Å²) in [6, 6.07) is 84.7. The van der Waals surface area contributed by atoms with E-state index in [1.807, 2.05) is 12.1 Å². The van der Waals surface area contributed by atoms with E-state index >= 15 is 0 Å². The number of para-hydroxylation sites is 6. The summed E-state index contributed by atoms with van der Waals surface area (Å²) < 4.78 is 13.4. The molecule has 0 fully saturated rings. The Morgan fingerprint density at radius 2 is 0.600 bits per heavy atom. The topological polar surface area (TPSA) is 29.5 Å². The van der Waals surface area contributed by atoms with E-state index in [9.17, 15) is 0 Å². The van der Waals surface area contributed by atoms with Crippen LogP contribution in [-0.2, 0) is 0 Å². The van der Waals surface area contributed by atoms with Crippen molar-refractivity contribution in [3.05, 3.63) is 237 Å². The van der Waals surface area contributed by atoms with Gasteiger partial charge in [-0.05, 0) is 122 Å². The summed E-state index contributed by atoms with van der Waals surface area (Å²) in [5.74, 6) is 0. The van der Waals surface area contributed by atoms with Gasteiger partial charge in [-0.15, -0.1) is 0 Å². The Kier molecular flexibility index (Phi) is 8.53. The van der Waals surface area contributed by atoms with Crippen LogP contribution in [0.5, 0.6) is 0 Å². The van der Waals surface area contributed by atoms with E-state index in [4.69, 9.17) is 8.83 Å². The molecule has 0 saturated heterocycles. The Morgan fingerprint density at radius 1 is 0.246 bits per heavy atom. The largest absolute Gasteiger partial charge is 0.455 e. The molecule has 3 nitrogen and oxygen atoms in total. The Hall–Kier alpha value is -8.66. The van der Waals surface area contributed by atoms with Gasteiger partial charge in [0, 0.05) is 49.7 Å². The highest BCUT2D eigenvalue weighted by Crippen LogP contribution is 2.48. The molecule has 65 heavy (non-hydrogen) atoms. The fourth-order valence-corrected chi connectivity index (χ4v) is 10.2. The van der Waals surface area contributed by atoms with Crippen LogP contribution in [0.4, 0.5) is 17.1 Å². The van der Waals surface area contributed by atoms with Crippen molar-refractivity contribution < 1.29 is 8.83 Å². The predicted molar refractivity (Wildman–Crippen MR) is 272 cm³/mol. The van der Waals surface area contributed by atoms with E-state index in [0.717, 1.165) is 94.3 Å². The van der Waals surface area contributed by atoms with Crippen molar-refractivity contribution in [1.29, 1.82) is 0 Å². The van der Waals surface area contributed by atoms with Gasteiger partial charge in [-0.25, -0.2) is 0 Å². The highest BCUT2D eigenvalue weighted by atomic mass is 16.3. The van der Waals surface area contributed by atoms with Gasteiger partial charge in [0.25, 0.3) is 0 Å². The molecule has 13 rings (SSSR count). The highest BCUT2D eigenvalue weighted by molar-refractivity contribution is 6.22. The van der Waals surface area contributed by atoms with Crippen LogP contribution in [0.1, 0.15) is 0 Å². The maximum Gasteiger partial charge on any atom is 0.143 e. The van der Waals surface area contributed by atoms with Crippen molar-refractivity contribution in [2.24, 2.45) is 0 Å². The molecule has 11 aromatic carbocycles. The van der Waals surface area contributed by atoms with Crippen molar-refractivity contribution in [3.63, 3.8) is 0 Å². The summed E-state index contributed by atoms with van der Waals surface area (Å²) in [6.07, 6.45) is 0. The molecule has 0 atom stereocenters. The van der Waals surface area contributed by atoms with Gasteiger partial charge >= 0.3 is 0 Å². The van der Waals surface area contributed by atoms with E-state index in [1.165, 1.54) is 32.7 Å². The lowest BCUT2D eigenvalue weighted by Crippen LogP contribution is -2.09. The van der Waals surface area contributed by atoms with E-state index in [2.05, 4.69) is 229 Å². The quantitative estimate of drug-likeness (QED) is 0.150. The van der Waals surface area contributed by atoms with E-state index in [0.29, 0.717) is 0 Å². The fraction of sp³-hybridized carbons (Fsp3) is 0. The first-order valence-corrected chi connectivity index (χ1v) is 22.2. The molecular formula is C62H39NO2. The van der Waals surface area contributed by atoms with Gasteiger partial charge in [0.2, 0.25) is 0 Å². The zero-order chi connectivity index (χ0) is 42.8. The van der Waals surface area contributed by atoms with E-state index < -0.39 is 0 Å². The molecular weight excluding hydrogens is 791 g/mol. The monoisotopic (exact) mass is 829 g/mol. The zero-order valence-corrected chi connectivity index (χ0v) is 35.3. The molecule has 0 spiro atoms. The van der Waals surface area contributed by atoms with Gasteiger partial charge in [-0.3, -0.25) is 0 Å². The molecule has 2 aromatic heterocycles. The molecule has 0 saturated carbocycles. The second-order valence-corrected chi connectivity index (χ2v) is 16.8. The summed E-state index contributed by atoms with van der Waals surface area (Å²) in [4.78, 5) is 2.31. The van der Waals surface area contributed by atoms with Crippen molar-refractivity contribution in [2.45, 2.75) is 0 Å². The summed E-state index contributed by atoms with van der Waals surface area (Å²) in [5, 5.41) is 9.20. The van der Waals surface area contributed by atoms with Gasteiger partial charge < -0.3 is 13.7 Å². The first kappa shape index (κ1) is 36.9. The van der Waals surface area contributed by atoms with Crippen LogP contribution in [-0.4, -0.2) is 0 Å². The number of hydrogen-bond acceptors (Lipinski definition) is 3. The van der Waals surface area contributed by atoms with Crippen LogP contribution in [0.2, 0.25) is 0 Å². The zero-order valence-electron chi connectivity index (χ0n) is 35.3. The lowest BCUT2D eigenvalue weighted by atomic mass is 9.84. The summed E-state index contributed by atoms with van der Waals surface area (Å²) in [5.41, 5.74) is 15.8. The van der Waals surface area contributed by atoms with Crippen LogP contribution in [0, 0.1) is 0 Å². The van der Waals surface area contributed by atoms with Crippen LogP contribution in [0.15, 0.2) is 245 Å². The Morgan fingerprint density at radius 3 is 1.06 bits per heavy atom. The average molecular weight is 830 g/mol. The molecule has 13 aromatic rings. The number of rotatable bonds is 7. The third kappa shape index (κ3) is 6.05.